The number of anilines is 1. The van der Waals surface area contributed by atoms with Crippen molar-refractivity contribution in [2.75, 3.05) is 4.72 Å². The number of nitrogens with one attached hydrogen (secondary N) is 2. The number of fused-ring (bicyclic) bond motifs is 1. The van der Waals surface area contributed by atoms with Crippen LogP contribution in [-0.4, -0.2) is 29.6 Å². The SMILES string of the molecule is C=Ic1cc(C#N)ccc1NS(=O)(=O)c1c[nH]c2c1CC[C@H](OC(C)(C)C)C2. The Morgan fingerprint density at radius 2 is 2.14 bits per heavy atom. The molecule has 1 aliphatic carbocycles. The second kappa shape index (κ2) is 7.97. The highest BCUT2D eigenvalue weighted by atomic mass is 127. The van der Waals surface area contributed by atoms with E-state index in [0.29, 0.717) is 24.1 Å². The Morgan fingerprint density at radius 1 is 1.39 bits per heavy atom. The van der Waals surface area contributed by atoms with Gasteiger partial charge >= 0.3 is 0 Å². The predicted octanol–water partition coefficient (Wildman–Crippen LogP) is 3.93. The molecule has 0 amide bonds. The van der Waals surface area contributed by atoms with Crippen molar-refractivity contribution in [3.63, 3.8) is 0 Å². The Labute approximate surface area is 176 Å². The number of rotatable bonds is 5. The molecule has 1 heterocycles. The van der Waals surface area contributed by atoms with Gasteiger partial charge in [-0.05, 0) is 57.4 Å². The van der Waals surface area contributed by atoms with Crippen molar-refractivity contribution in [1.29, 1.82) is 5.26 Å². The van der Waals surface area contributed by atoms with Gasteiger partial charge in [-0.2, -0.15) is 5.26 Å². The van der Waals surface area contributed by atoms with Crippen LogP contribution in [0, 0.1) is 14.9 Å². The molecule has 0 aliphatic heterocycles. The zero-order valence-electron chi connectivity index (χ0n) is 16.2. The topological polar surface area (TPSA) is 95.0 Å². The number of sulfonamides is 1. The summed E-state index contributed by atoms with van der Waals surface area (Å²) in [6.45, 7) is 6.08. The monoisotopic (exact) mass is 513 g/mol. The molecule has 0 unspecified atom stereocenters. The van der Waals surface area contributed by atoms with E-state index in [2.05, 4.69) is 20.3 Å². The third-order valence-corrected chi connectivity index (χ3v) is 7.63. The number of hydrogen-bond acceptors (Lipinski definition) is 4. The molecule has 0 bridgehead atoms. The van der Waals surface area contributed by atoms with E-state index in [1.807, 2.05) is 20.8 Å². The third kappa shape index (κ3) is 4.64. The van der Waals surface area contributed by atoms with Crippen molar-refractivity contribution >= 4 is 41.0 Å². The number of halogens is 1. The maximum atomic E-state index is 13.0. The van der Waals surface area contributed by atoms with Crippen LogP contribution in [0.1, 0.15) is 44.0 Å². The average Bonchev–Trinajstić information content (AvgIpc) is 3.04. The van der Waals surface area contributed by atoms with E-state index in [-0.39, 0.29) is 16.6 Å². The Morgan fingerprint density at radius 3 is 2.79 bits per heavy atom. The van der Waals surface area contributed by atoms with E-state index in [0.717, 1.165) is 21.2 Å². The summed E-state index contributed by atoms with van der Waals surface area (Å²) in [6.07, 6.45) is 3.76. The molecular weight excluding hydrogens is 489 g/mol. The van der Waals surface area contributed by atoms with Gasteiger partial charge in [-0.15, -0.1) is 0 Å². The van der Waals surface area contributed by atoms with Gasteiger partial charge in [-0.3, -0.25) is 4.72 Å². The zero-order chi connectivity index (χ0) is 20.5. The number of aromatic amines is 1. The minimum atomic E-state index is -3.73. The molecule has 0 saturated heterocycles. The van der Waals surface area contributed by atoms with Gasteiger partial charge in [0.05, 0.1) is 29.0 Å². The first-order chi connectivity index (χ1) is 13.1. The lowest BCUT2D eigenvalue weighted by Gasteiger charge is -2.30. The first-order valence-corrected chi connectivity index (χ1v) is 13.0. The fraction of sp³-hybridized carbons (Fsp3) is 0.400. The maximum Gasteiger partial charge on any atom is 0.263 e. The van der Waals surface area contributed by atoms with Crippen LogP contribution in [-0.2, 0) is 27.6 Å². The van der Waals surface area contributed by atoms with Crippen molar-refractivity contribution in [2.24, 2.45) is 0 Å². The molecule has 2 N–H and O–H groups in total. The standard InChI is InChI=1S/C20H24IN3O3S/c1-20(2,3)27-14-6-7-15-18(10-14)23-12-19(15)28(25,26)24-17-8-5-13(11-22)9-16(17)21-4/h5,8-9,12,14,23-24H,4,6-7,10H2,1-3H3/t14-/m0/s1. The van der Waals surface area contributed by atoms with Crippen LogP contribution in [0.15, 0.2) is 29.3 Å². The quantitative estimate of drug-likeness (QED) is 0.593. The van der Waals surface area contributed by atoms with Gasteiger partial charge in [-0.1, -0.05) is 25.2 Å². The Hall–Kier alpha value is -1.70. The summed E-state index contributed by atoms with van der Waals surface area (Å²) in [6, 6.07) is 7.04. The van der Waals surface area contributed by atoms with Gasteiger partial charge in [0.15, 0.2) is 0 Å². The van der Waals surface area contributed by atoms with Crippen molar-refractivity contribution in [3.8, 4) is 6.07 Å². The summed E-state index contributed by atoms with van der Waals surface area (Å²) in [5, 5.41) is 9.04. The van der Waals surface area contributed by atoms with E-state index >= 15 is 0 Å². The molecule has 6 nitrogen and oxygen atoms in total. The van der Waals surface area contributed by atoms with Crippen LogP contribution in [0.4, 0.5) is 5.69 Å². The van der Waals surface area contributed by atoms with Gasteiger partial charge in [0.1, 0.15) is 4.90 Å². The maximum absolute atomic E-state index is 13.0. The normalized spacial score (nSPS) is 17.0. The van der Waals surface area contributed by atoms with Crippen LogP contribution in [0.2, 0.25) is 0 Å². The van der Waals surface area contributed by atoms with E-state index in [1.54, 1.807) is 24.4 Å². The first-order valence-electron chi connectivity index (χ1n) is 8.95. The van der Waals surface area contributed by atoms with Crippen molar-refractivity contribution in [3.05, 3.63) is 44.8 Å². The molecule has 150 valence electrons. The largest absolute Gasteiger partial charge is 0.372 e. The summed E-state index contributed by atoms with van der Waals surface area (Å²) in [4.78, 5) is 3.42. The number of aromatic nitrogens is 1. The summed E-state index contributed by atoms with van der Waals surface area (Å²) in [7, 11) is -3.73. The molecule has 2 aromatic rings. The molecular formula is C20H24IN3O3S. The molecule has 0 radical (unpaired) electrons. The van der Waals surface area contributed by atoms with Gasteiger partial charge in [-0.25, -0.2) is 8.42 Å². The van der Waals surface area contributed by atoms with Gasteiger partial charge in [0.2, 0.25) is 0 Å². The number of H-pyrrole nitrogens is 1. The van der Waals surface area contributed by atoms with Crippen LogP contribution in [0.3, 0.4) is 0 Å². The highest BCUT2D eigenvalue weighted by Crippen LogP contribution is 2.32. The lowest BCUT2D eigenvalue weighted by atomic mass is 9.95. The zero-order valence-corrected chi connectivity index (χ0v) is 19.1. The average molecular weight is 513 g/mol. The summed E-state index contributed by atoms with van der Waals surface area (Å²) < 4.78 is 39.6. The van der Waals surface area contributed by atoms with E-state index < -0.39 is 30.8 Å². The number of benzene rings is 1. The van der Waals surface area contributed by atoms with Crippen molar-refractivity contribution in [2.45, 2.75) is 56.6 Å². The molecule has 0 spiro atoms. The smallest absolute Gasteiger partial charge is 0.263 e. The molecule has 1 aromatic carbocycles. The Kier molecular flexibility index (Phi) is 5.98. The molecule has 1 aromatic heterocycles. The predicted molar refractivity (Wildman–Crippen MR) is 119 cm³/mol. The van der Waals surface area contributed by atoms with Crippen LogP contribution in [0.5, 0.6) is 0 Å². The number of ether oxygens (including phenoxy) is 1. The summed E-state index contributed by atoms with van der Waals surface area (Å²) in [5.41, 5.74) is 2.53. The van der Waals surface area contributed by atoms with Gasteiger partial charge in [0, 0.05) is 21.9 Å². The minimum Gasteiger partial charge on any atom is -0.372 e. The van der Waals surface area contributed by atoms with E-state index in [4.69, 9.17) is 10.00 Å². The van der Waals surface area contributed by atoms with Crippen molar-refractivity contribution < 1.29 is 13.2 Å². The van der Waals surface area contributed by atoms with E-state index in [1.165, 1.54) is 0 Å². The van der Waals surface area contributed by atoms with Gasteiger partial charge < -0.3 is 9.72 Å². The Balaban J connectivity index is 1.86. The fourth-order valence-corrected chi connectivity index (χ4v) is 6.19. The number of nitriles is 1. The second-order valence-electron chi connectivity index (χ2n) is 7.75. The molecule has 8 heteroatoms. The third-order valence-electron chi connectivity index (χ3n) is 4.48. The number of nitrogens with zero attached hydrogens (tertiary/aromatic N) is 1. The number of hydrogen-bond donors (Lipinski definition) is 2. The van der Waals surface area contributed by atoms with Crippen LogP contribution in [0.25, 0.3) is 0 Å². The highest BCUT2D eigenvalue weighted by Gasteiger charge is 2.30. The fourth-order valence-electron chi connectivity index (χ4n) is 3.38. The van der Waals surface area contributed by atoms with Crippen molar-refractivity contribution in [1.82, 2.24) is 4.98 Å². The van der Waals surface area contributed by atoms with E-state index in [9.17, 15) is 8.42 Å². The van der Waals surface area contributed by atoms with Crippen LogP contribution < -0.4 is 4.72 Å². The highest BCUT2D eigenvalue weighted by molar-refractivity contribution is 14.2. The summed E-state index contributed by atoms with van der Waals surface area (Å²) >= 11 is -0.631. The molecule has 1 atom stereocenters. The molecule has 0 fully saturated rings. The molecule has 0 saturated carbocycles. The Bertz CT molecular complexity index is 1050. The lowest BCUT2D eigenvalue weighted by Crippen LogP contribution is -2.32. The lowest BCUT2D eigenvalue weighted by molar-refractivity contribution is -0.0647. The molecule has 3 rings (SSSR count). The molecule has 28 heavy (non-hydrogen) atoms. The van der Waals surface area contributed by atoms with Gasteiger partial charge in [0.25, 0.3) is 10.0 Å². The molecule has 1 aliphatic rings. The summed E-state index contributed by atoms with van der Waals surface area (Å²) in [5.74, 6) is 0. The van der Waals surface area contributed by atoms with Crippen LogP contribution >= 0.6 is 20.7 Å². The minimum absolute atomic E-state index is 0.0794. The second-order valence-corrected chi connectivity index (χ2v) is 11.3. The first kappa shape index (κ1) is 21.0.